The smallest absolute Gasteiger partial charge is 0.323 e. The van der Waals surface area contributed by atoms with Crippen molar-refractivity contribution in [1.82, 2.24) is 5.32 Å². The van der Waals surface area contributed by atoms with Gasteiger partial charge in [0.25, 0.3) is 0 Å². The number of hydrogen-bond acceptors (Lipinski definition) is 4. The van der Waals surface area contributed by atoms with Crippen LogP contribution in [0.15, 0.2) is 0 Å². The van der Waals surface area contributed by atoms with E-state index in [-0.39, 0.29) is 12.0 Å². The van der Waals surface area contributed by atoms with Crippen molar-refractivity contribution in [1.29, 1.82) is 0 Å². The van der Waals surface area contributed by atoms with Gasteiger partial charge in [-0.25, -0.2) is 0 Å². The molecule has 0 aromatic rings. The molecule has 0 aromatic carbocycles. The van der Waals surface area contributed by atoms with Gasteiger partial charge < -0.3 is 10.1 Å². The maximum atomic E-state index is 11.7. The van der Waals surface area contributed by atoms with E-state index in [1.807, 2.05) is 32.5 Å². The zero-order valence-electron chi connectivity index (χ0n) is 11.1. The molecule has 3 nitrogen and oxygen atoms in total. The lowest BCUT2D eigenvalue weighted by Gasteiger charge is -2.20. The summed E-state index contributed by atoms with van der Waals surface area (Å²) in [6, 6.07) is 0.117. The number of carbonyl (C=O) groups excluding carboxylic acids is 1. The Morgan fingerprint density at radius 3 is 2.38 bits per heavy atom. The van der Waals surface area contributed by atoms with Gasteiger partial charge in [0.05, 0.1) is 6.61 Å². The quantitative estimate of drug-likeness (QED) is 0.669. The molecular formula is C12H25NO2S. The van der Waals surface area contributed by atoms with E-state index in [1.54, 1.807) is 0 Å². The predicted octanol–water partition coefficient (Wildman–Crippen LogP) is 2.45. The van der Waals surface area contributed by atoms with Crippen LogP contribution in [0.25, 0.3) is 0 Å². The summed E-state index contributed by atoms with van der Waals surface area (Å²) in [5, 5.41) is 3.84. The average molecular weight is 247 g/mol. The van der Waals surface area contributed by atoms with Gasteiger partial charge in [-0.15, -0.1) is 0 Å². The summed E-state index contributed by atoms with van der Waals surface area (Å²) >= 11 is 1.82. The van der Waals surface area contributed by atoms with Gasteiger partial charge in [0, 0.05) is 17.0 Å². The highest BCUT2D eigenvalue weighted by Gasteiger charge is 2.20. The molecule has 0 aliphatic carbocycles. The normalized spacial score (nSPS) is 14.9. The van der Waals surface area contributed by atoms with E-state index >= 15 is 0 Å². The van der Waals surface area contributed by atoms with Crippen molar-refractivity contribution in [2.45, 2.75) is 58.4 Å². The Labute approximate surface area is 104 Å². The van der Waals surface area contributed by atoms with Crippen LogP contribution in [0.4, 0.5) is 0 Å². The van der Waals surface area contributed by atoms with Gasteiger partial charge in [0.1, 0.15) is 6.04 Å². The fourth-order valence-electron chi connectivity index (χ4n) is 1.21. The molecule has 1 N–H and O–H groups in total. The first-order valence-corrected chi connectivity index (χ1v) is 7.10. The molecule has 0 radical (unpaired) electrons. The van der Waals surface area contributed by atoms with Crippen LogP contribution in [0.5, 0.6) is 0 Å². The van der Waals surface area contributed by atoms with Gasteiger partial charge in [0.15, 0.2) is 0 Å². The third kappa shape index (κ3) is 7.12. The summed E-state index contributed by atoms with van der Waals surface area (Å²) in [5.41, 5.74) is 0. The Kier molecular flexibility index (Phi) is 8.76. The lowest BCUT2D eigenvalue weighted by molar-refractivity contribution is -0.145. The van der Waals surface area contributed by atoms with Crippen LogP contribution in [0.1, 0.15) is 41.0 Å². The second kappa shape index (κ2) is 8.88. The van der Waals surface area contributed by atoms with Crippen LogP contribution in [-0.2, 0) is 9.53 Å². The van der Waals surface area contributed by atoms with Crippen LogP contribution in [0.2, 0.25) is 0 Å². The zero-order chi connectivity index (χ0) is 12.6. The predicted molar refractivity (Wildman–Crippen MR) is 70.9 cm³/mol. The molecule has 0 aliphatic heterocycles. The first kappa shape index (κ1) is 15.8. The summed E-state index contributed by atoms with van der Waals surface area (Å²) in [5.74, 6) is 0.651. The average Bonchev–Trinajstić information content (AvgIpc) is 2.23. The maximum absolute atomic E-state index is 11.7. The van der Waals surface area contributed by atoms with Crippen molar-refractivity contribution in [2.24, 2.45) is 0 Å². The van der Waals surface area contributed by atoms with Gasteiger partial charge in [0.2, 0.25) is 0 Å². The van der Waals surface area contributed by atoms with E-state index in [1.165, 1.54) is 0 Å². The highest BCUT2D eigenvalue weighted by molar-refractivity contribution is 7.99. The standard InChI is InChI=1S/C12H25NO2S/c1-6-10(5)16-8-11(13-9(3)4)12(14)15-7-2/h9-11,13H,6-8H2,1-5H3. The lowest BCUT2D eigenvalue weighted by atomic mass is 10.3. The van der Waals surface area contributed by atoms with Gasteiger partial charge >= 0.3 is 5.97 Å². The van der Waals surface area contributed by atoms with Crippen LogP contribution in [-0.4, -0.2) is 35.7 Å². The minimum atomic E-state index is -0.182. The highest BCUT2D eigenvalue weighted by atomic mass is 32.2. The maximum Gasteiger partial charge on any atom is 0.323 e. The van der Waals surface area contributed by atoms with Gasteiger partial charge in [-0.05, 0) is 13.3 Å². The number of esters is 1. The SMILES string of the molecule is CCOC(=O)C(CSC(C)CC)NC(C)C. The van der Waals surface area contributed by atoms with Crippen LogP contribution in [0.3, 0.4) is 0 Å². The number of rotatable bonds is 8. The number of thioether (sulfide) groups is 1. The van der Waals surface area contributed by atoms with Crippen LogP contribution >= 0.6 is 11.8 Å². The summed E-state index contributed by atoms with van der Waals surface area (Å²) in [7, 11) is 0. The molecule has 0 aromatic heterocycles. The van der Waals surface area contributed by atoms with Gasteiger partial charge in [-0.3, -0.25) is 4.79 Å². The zero-order valence-corrected chi connectivity index (χ0v) is 11.9. The number of nitrogens with one attached hydrogen (secondary N) is 1. The van der Waals surface area contributed by atoms with E-state index < -0.39 is 0 Å². The molecule has 4 heteroatoms. The van der Waals surface area contributed by atoms with E-state index in [0.29, 0.717) is 17.9 Å². The summed E-state index contributed by atoms with van der Waals surface area (Å²) < 4.78 is 5.06. The molecule has 0 rings (SSSR count). The summed E-state index contributed by atoms with van der Waals surface area (Å²) in [4.78, 5) is 11.7. The number of carbonyl (C=O) groups is 1. The second-order valence-electron chi connectivity index (χ2n) is 4.18. The molecule has 0 aliphatic rings. The van der Waals surface area contributed by atoms with Crippen molar-refractivity contribution in [3.8, 4) is 0 Å². The van der Waals surface area contributed by atoms with Crippen molar-refractivity contribution >= 4 is 17.7 Å². The molecule has 96 valence electrons. The summed E-state index contributed by atoms with van der Waals surface area (Å²) in [6.07, 6.45) is 1.13. The first-order chi connectivity index (χ1) is 7.51. The number of hydrogen-bond donors (Lipinski definition) is 1. The minimum absolute atomic E-state index is 0.132. The van der Waals surface area contributed by atoms with Crippen molar-refractivity contribution in [3.05, 3.63) is 0 Å². The molecule has 2 unspecified atom stereocenters. The van der Waals surface area contributed by atoms with Gasteiger partial charge in [-0.2, -0.15) is 11.8 Å². The molecule has 0 heterocycles. The molecule has 0 saturated heterocycles. The molecule has 2 atom stereocenters. The Hall–Kier alpha value is -0.220. The molecule has 0 spiro atoms. The Morgan fingerprint density at radius 2 is 1.94 bits per heavy atom. The minimum Gasteiger partial charge on any atom is -0.465 e. The van der Waals surface area contributed by atoms with Crippen molar-refractivity contribution in [2.75, 3.05) is 12.4 Å². The third-order valence-electron chi connectivity index (χ3n) is 2.23. The van der Waals surface area contributed by atoms with E-state index in [2.05, 4.69) is 19.2 Å². The van der Waals surface area contributed by atoms with E-state index in [4.69, 9.17) is 4.74 Å². The van der Waals surface area contributed by atoms with Crippen LogP contribution < -0.4 is 5.32 Å². The monoisotopic (exact) mass is 247 g/mol. The largest absolute Gasteiger partial charge is 0.465 e. The Morgan fingerprint density at radius 1 is 1.31 bits per heavy atom. The number of ether oxygens (including phenoxy) is 1. The highest BCUT2D eigenvalue weighted by Crippen LogP contribution is 2.15. The summed E-state index contributed by atoms with van der Waals surface area (Å²) in [6.45, 7) is 10.7. The first-order valence-electron chi connectivity index (χ1n) is 6.05. The lowest BCUT2D eigenvalue weighted by Crippen LogP contribution is -2.44. The third-order valence-corrected chi connectivity index (χ3v) is 3.66. The second-order valence-corrected chi connectivity index (χ2v) is 5.65. The molecule has 0 bridgehead atoms. The topological polar surface area (TPSA) is 38.3 Å². The van der Waals surface area contributed by atoms with E-state index in [9.17, 15) is 4.79 Å². The molecular weight excluding hydrogens is 222 g/mol. The molecule has 0 saturated carbocycles. The van der Waals surface area contributed by atoms with Gasteiger partial charge in [-0.1, -0.05) is 27.7 Å². The Balaban J connectivity index is 4.14. The van der Waals surface area contributed by atoms with Crippen molar-refractivity contribution in [3.63, 3.8) is 0 Å². The fraction of sp³-hybridized carbons (Fsp3) is 0.917. The van der Waals surface area contributed by atoms with Crippen LogP contribution in [0, 0.1) is 0 Å². The Bertz CT molecular complexity index is 197. The van der Waals surface area contributed by atoms with Crippen molar-refractivity contribution < 1.29 is 9.53 Å². The molecule has 0 fully saturated rings. The molecule has 16 heavy (non-hydrogen) atoms. The molecule has 0 amide bonds. The fourth-order valence-corrected chi connectivity index (χ4v) is 2.20. The van der Waals surface area contributed by atoms with E-state index in [0.717, 1.165) is 12.2 Å².